The van der Waals surface area contributed by atoms with E-state index in [9.17, 15) is 8.42 Å². The molecular weight excluding hydrogens is 410 g/mol. The minimum absolute atomic E-state index is 0.189. The van der Waals surface area contributed by atoms with Crippen molar-refractivity contribution in [1.82, 2.24) is 9.55 Å². The molecule has 6 nitrogen and oxygen atoms in total. The lowest BCUT2D eigenvalue weighted by Crippen LogP contribution is -2.14. The molecule has 7 heteroatoms. The highest BCUT2D eigenvalue weighted by atomic mass is 32.2. The summed E-state index contributed by atoms with van der Waals surface area (Å²) in [6.45, 7) is 7.04. The Hall–Kier alpha value is -2.54. The van der Waals surface area contributed by atoms with Crippen molar-refractivity contribution in [3.63, 3.8) is 0 Å². The van der Waals surface area contributed by atoms with E-state index in [1.807, 2.05) is 20.2 Å². The summed E-state index contributed by atoms with van der Waals surface area (Å²) in [5, 5.41) is 0. The molecule has 0 amide bonds. The van der Waals surface area contributed by atoms with Crippen LogP contribution >= 0.6 is 0 Å². The lowest BCUT2D eigenvalue weighted by atomic mass is 10.1. The van der Waals surface area contributed by atoms with Gasteiger partial charge in [0.15, 0.2) is 0 Å². The molecule has 168 valence electrons. The van der Waals surface area contributed by atoms with E-state index in [-0.39, 0.29) is 4.90 Å². The van der Waals surface area contributed by atoms with Crippen LogP contribution in [0.25, 0.3) is 11.0 Å². The van der Waals surface area contributed by atoms with Gasteiger partial charge in [-0.15, -0.1) is 0 Å². The number of anilines is 1. The van der Waals surface area contributed by atoms with Crippen LogP contribution in [0.4, 0.5) is 5.69 Å². The van der Waals surface area contributed by atoms with Crippen molar-refractivity contribution in [1.29, 1.82) is 0 Å². The van der Waals surface area contributed by atoms with Crippen molar-refractivity contribution < 1.29 is 13.2 Å². The van der Waals surface area contributed by atoms with Gasteiger partial charge in [-0.25, -0.2) is 13.4 Å². The number of aryl methyl sites for hydroxylation is 2. The number of rotatable bonds is 11. The van der Waals surface area contributed by atoms with E-state index in [1.165, 1.54) is 32.1 Å². The predicted octanol–water partition coefficient (Wildman–Crippen LogP) is 5.82. The van der Waals surface area contributed by atoms with E-state index < -0.39 is 10.0 Å². The zero-order valence-electron chi connectivity index (χ0n) is 18.9. The quantitative estimate of drug-likeness (QED) is 0.379. The second kappa shape index (κ2) is 10.2. The first-order chi connectivity index (χ1) is 14.9. The molecule has 0 saturated carbocycles. The van der Waals surface area contributed by atoms with Crippen LogP contribution in [0, 0.1) is 13.8 Å². The normalized spacial score (nSPS) is 11.7. The summed E-state index contributed by atoms with van der Waals surface area (Å²) in [7, 11) is -2.19. The molecule has 0 aliphatic rings. The summed E-state index contributed by atoms with van der Waals surface area (Å²) in [4.78, 5) is 4.76. The van der Waals surface area contributed by atoms with Crippen molar-refractivity contribution in [3.8, 4) is 5.75 Å². The number of unbranched alkanes of at least 4 members (excludes halogenated alkanes) is 5. The molecule has 2 aromatic carbocycles. The van der Waals surface area contributed by atoms with Crippen molar-refractivity contribution in [2.24, 2.45) is 0 Å². The number of methoxy groups -OCH3 is 1. The Bertz CT molecular complexity index is 1120. The summed E-state index contributed by atoms with van der Waals surface area (Å²) >= 11 is 0. The molecule has 0 atom stereocenters. The molecule has 0 saturated heterocycles. The Morgan fingerprint density at radius 3 is 2.39 bits per heavy atom. The van der Waals surface area contributed by atoms with Crippen LogP contribution in [-0.2, 0) is 16.6 Å². The topological polar surface area (TPSA) is 73.2 Å². The number of aromatic nitrogens is 2. The summed E-state index contributed by atoms with van der Waals surface area (Å²) in [5.41, 5.74) is 4.11. The minimum atomic E-state index is -3.74. The number of sulfonamides is 1. The molecule has 1 N–H and O–H groups in total. The summed E-state index contributed by atoms with van der Waals surface area (Å²) in [6, 6.07) is 8.46. The first-order valence-electron chi connectivity index (χ1n) is 11.0. The number of imidazole rings is 1. The fraction of sp³-hybridized carbons (Fsp3) is 0.458. The number of hydrogen-bond donors (Lipinski definition) is 1. The van der Waals surface area contributed by atoms with Crippen molar-refractivity contribution in [3.05, 3.63) is 47.8 Å². The van der Waals surface area contributed by atoms with Gasteiger partial charge in [0.25, 0.3) is 10.0 Å². The molecule has 0 radical (unpaired) electrons. The van der Waals surface area contributed by atoms with Crippen molar-refractivity contribution in [2.75, 3.05) is 11.8 Å². The summed E-state index contributed by atoms with van der Waals surface area (Å²) in [6.07, 6.45) is 9.20. The largest absolute Gasteiger partial charge is 0.497 e. The second-order valence-corrected chi connectivity index (χ2v) is 9.73. The maximum atomic E-state index is 13.0. The number of fused-ring (bicyclic) bond motifs is 1. The smallest absolute Gasteiger partial charge is 0.261 e. The van der Waals surface area contributed by atoms with Crippen LogP contribution in [0.15, 0.2) is 41.6 Å². The van der Waals surface area contributed by atoms with Gasteiger partial charge >= 0.3 is 0 Å². The molecule has 0 bridgehead atoms. The van der Waals surface area contributed by atoms with Crippen LogP contribution in [-0.4, -0.2) is 25.1 Å². The highest BCUT2D eigenvalue weighted by Gasteiger charge is 2.20. The lowest BCUT2D eigenvalue weighted by Gasteiger charge is -2.14. The molecule has 3 aromatic rings. The van der Waals surface area contributed by atoms with Crippen molar-refractivity contribution in [2.45, 2.75) is 70.7 Å². The van der Waals surface area contributed by atoms with Gasteiger partial charge in [-0.3, -0.25) is 4.72 Å². The Labute approximate surface area is 185 Å². The number of benzene rings is 2. The third-order valence-electron chi connectivity index (χ3n) is 5.79. The molecule has 0 aliphatic carbocycles. The zero-order chi connectivity index (χ0) is 22.4. The maximum Gasteiger partial charge on any atom is 0.261 e. The highest BCUT2D eigenvalue weighted by Crippen LogP contribution is 2.31. The molecular formula is C24H33N3O3S. The van der Waals surface area contributed by atoms with Gasteiger partial charge in [-0.1, -0.05) is 39.0 Å². The van der Waals surface area contributed by atoms with E-state index in [2.05, 4.69) is 27.3 Å². The third kappa shape index (κ3) is 5.39. The number of ether oxygens (including phenoxy) is 1. The van der Waals surface area contributed by atoms with E-state index in [1.54, 1.807) is 31.4 Å². The summed E-state index contributed by atoms with van der Waals surface area (Å²) < 4.78 is 36.1. The van der Waals surface area contributed by atoms with E-state index in [0.29, 0.717) is 17.0 Å². The molecule has 0 unspecified atom stereocenters. The highest BCUT2D eigenvalue weighted by molar-refractivity contribution is 7.92. The Kier molecular flexibility index (Phi) is 7.59. The Morgan fingerprint density at radius 1 is 1.03 bits per heavy atom. The van der Waals surface area contributed by atoms with Crippen LogP contribution in [0.1, 0.15) is 56.6 Å². The van der Waals surface area contributed by atoms with Gasteiger partial charge in [0.05, 0.1) is 29.5 Å². The first-order valence-corrected chi connectivity index (χ1v) is 12.5. The maximum absolute atomic E-state index is 13.0. The van der Waals surface area contributed by atoms with Gasteiger partial charge in [0.1, 0.15) is 11.3 Å². The summed E-state index contributed by atoms with van der Waals surface area (Å²) in [5.74, 6) is 0.613. The van der Waals surface area contributed by atoms with E-state index in [0.717, 1.165) is 29.6 Å². The molecule has 0 fully saturated rings. The zero-order valence-corrected chi connectivity index (χ0v) is 19.8. The van der Waals surface area contributed by atoms with Gasteiger partial charge in [0, 0.05) is 6.54 Å². The average Bonchev–Trinajstić information content (AvgIpc) is 3.16. The van der Waals surface area contributed by atoms with E-state index in [4.69, 9.17) is 4.74 Å². The van der Waals surface area contributed by atoms with Crippen LogP contribution < -0.4 is 9.46 Å². The number of nitrogens with one attached hydrogen (secondary N) is 1. The Morgan fingerprint density at radius 2 is 1.71 bits per heavy atom. The molecule has 3 rings (SSSR count). The molecule has 0 aliphatic heterocycles. The van der Waals surface area contributed by atoms with Crippen LogP contribution in [0.5, 0.6) is 5.75 Å². The van der Waals surface area contributed by atoms with Gasteiger partial charge in [-0.2, -0.15) is 0 Å². The molecule has 0 spiro atoms. The van der Waals surface area contributed by atoms with E-state index >= 15 is 0 Å². The predicted molar refractivity (Wildman–Crippen MR) is 126 cm³/mol. The Balaban J connectivity index is 1.84. The first kappa shape index (κ1) is 23.1. The fourth-order valence-electron chi connectivity index (χ4n) is 3.74. The lowest BCUT2D eigenvalue weighted by molar-refractivity contribution is 0.414. The standard InChI is InChI=1S/C24H33N3O3S/c1-5-6-7-8-9-10-15-27-17-25-24-22(27)16-18(2)19(3)23(24)26-31(28,29)21-13-11-20(30-4)12-14-21/h11-14,16-17,26H,5-10,15H2,1-4H3. The van der Waals surface area contributed by atoms with Gasteiger partial charge < -0.3 is 9.30 Å². The second-order valence-electron chi connectivity index (χ2n) is 8.05. The van der Waals surface area contributed by atoms with Gasteiger partial charge in [-0.05, 0) is 61.7 Å². The van der Waals surface area contributed by atoms with Crippen LogP contribution in [0.3, 0.4) is 0 Å². The third-order valence-corrected chi connectivity index (χ3v) is 7.16. The SMILES string of the molecule is CCCCCCCCn1cnc2c(NS(=O)(=O)c3ccc(OC)cc3)c(C)c(C)cc21. The monoisotopic (exact) mass is 443 g/mol. The average molecular weight is 444 g/mol. The molecule has 1 heterocycles. The van der Waals surface area contributed by atoms with Gasteiger partial charge in [0.2, 0.25) is 0 Å². The van der Waals surface area contributed by atoms with Crippen molar-refractivity contribution >= 4 is 26.7 Å². The fourth-order valence-corrected chi connectivity index (χ4v) is 4.87. The number of hydrogen-bond acceptors (Lipinski definition) is 4. The minimum Gasteiger partial charge on any atom is -0.497 e. The molecule has 1 aromatic heterocycles. The van der Waals surface area contributed by atoms with Crippen LogP contribution in [0.2, 0.25) is 0 Å². The molecule has 31 heavy (non-hydrogen) atoms. The number of nitrogens with zero attached hydrogens (tertiary/aromatic N) is 2.